The highest BCUT2D eigenvalue weighted by Gasteiger charge is 2.53. The number of carbonyl (C=O) groups excluding carboxylic acids is 2. The predicted octanol–water partition coefficient (Wildman–Crippen LogP) is 1.78. The van der Waals surface area contributed by atoms with Gasteiger partial charge in [0.15, 0.2) is 12.6 Å². The van der Waals surface area contributed by atoms with Gasteiger partial charge in [-0.15, -0.1) is 5.10 Å². The number of ether oxygens (including phenoxy) is 7. The van der Waals surface area contributed by atoms with E-state index in [-0.39, 0.29) is 43.2 Å². The summed E-state index contributed by atoms with van der Waals surface area (Å²) in [7, 11) is 1.19. The highest BCUT2D eigenvalue weighted by molar-refractivity contribution is 7.89. The second kappa shape index (κ2) is 24.3. The first-order chi connectivity index (χ1) is 34.9. The summed E-state index contributed by atoms with van der Waals surface area (Å²) in [5.41, 5.74) is -3.66. The average Bonchev–Trinajstić information content (AvgIpc) is 3.96. The van der Waals surface area contributed by atoms with Crippen molar-refractivity contribution in [2.45, 2.75) is 209 Å². The molecular formula is C51H85N7O16S. The van der Waals surface area contributed by atoms with E-state index >= 15 is 0 Å². The van der Waals surface area contributed by atoms with Crippen LogP contribution < -0.4 is 10.0 Å². The fourth-order valence-corrected chi connectivity index (χ4v) is 12.1. The molecular weight excluding hydrogens is 999 g/mol. The van der Waals surface area contributed by atoms with Crippen molar-refractivity contribution in [2.75, 3.05) is 45.7 Å². The van der Waals surface area contributed by atoms with E-state index in [0.29, 0.717) is 37.3 Å². The van der Waals surface area contributed by atoms with Crippen molar-refractivity contribution in [2.24, 2.45) is 22.9 Å². The second-order valence-corrected chi connectivity index (χ2v) is 24.1. The fourth-order valence-electron chi connectivity index (χ4n) is 11.5. The number of amides is 1. The third-order valence-corrected chi connectivity index (χ3v) is 17.1. The number of nitrogens with two attached hydrogens (primary N) is 1. The lowest BCUT2D eigenvalue weighted by molar-refractivity contribution is -0.318. The molecule has 0 bridgehead atoms. The normalized spacial score (nSPS) is 40.2. The number of methoxy groups -OCH3 is 1. The van der Waals surface area contributed by atoms with Gasteiger partial charge >= 0.3 is 12.1 Å². The zero-order valence-corrected chi connectivity index (χ0v) is 46.7. The van der Waals surface area contributed by atoms with E-state index < -0.39 is 130 Å². The van der Waals surface area contributed by atoms with Crippen LogP contribution in [0.3, 0.4) is 0 Å². The number of benzene rings is 1. The molecule has 75 heavy (non-hydrogen) atoms. The van der Waals surface area contributed by atoms with Crippen molar-refractivity contribution in [1.29, 1.82) is 0 Å². The minimum atomic E-state index is -3.99. The number of likely N-dealkylation sites (N-methyl/N-ethyl adjacent to an activating group) is 2. The lowest BCUT2D eigenvalue weighted by Gasteiger charge is -2.49. The molecule has 4 saturated heterocycles. The molecule has 1 aromatic carbocycles. The zero-order chi connectivity index (χ0) is 55.7. The Morgan fingerprint density at radius 1 is 0.960 bits per heavy atom. The maximum absolute atomic E-state index is 14.5. The highest BCUT2D eigenvalue weighted by atomic mass is 32.2. The Kier molecular flexibility index (Phi) is 19.7. The quantitative estimate of drug-likeness (QED) is 0.147. The number of aliphatic hydroxyl groups is 5. The molecule has 7 N–H and O–H groups in total. The number of carbonyl (C=O) groups is 2. The zero-order valence-electron chi connectivity index (χ0n) is 45.9. The number of anilines is 1. The molecule has 0 saturated carbocycles. The van der Waals surface area contributed by atoms with E-state index in [1.807, 2.05) is 37.7 Å². The molecule has 0 unspecified atom stereocenters. The summed E-state index contributed by atoms with van der Waals surface area (Å²) < 4.78 is 69.2. The summed E-state index contributed by atoms with van der Waals surface area (Å²) in [5, 5.41) is 73.6. The number of sulfonamides is 1. The molecule has 426 valence electrons. The number of hydrogen-bond donors (Lipinski definition) is 6. The van der Waals surface area contributed by atoms with Crippen molar-refractivity contribution < 1.29 is 76.7 Å². The summed E-state index contributed by atoms with van der Waals surface area (Å²) in [4.78, 5) is 32.4. The summed E-state index contributed by atoms with van der Waals surface area (Å²) in [5.74, 6) is -2.92. The van der Waals surface area contributed by atoms with Crippen molar-refractivity contribution in [3.05, 3.63) is 36.2 Å². The SMILES string of the molecule is CC[C@H]1OC(=O)[C@H](C)[C@@H](O[C@H]2C[C@@](C)(OC)[C@@H](O)[C@H](C)O2)[C@H](C)[C@@H](O[C@@H]2O[C@H](C)C[C@H](N(C)CCc3cn(C[C@H]4CN(c5cccc(S(N)(=O)=O)c5)C(=O)O4)nn3)[C@H]2O)[C@](C)(O)C[C@@H](C)CN(C)[C@H](C)[C@@H](O)[C@]1(C)O. The summed E-state index contributed by atoms with van der Waals surface area (Å²) in [6, 6.07) is 4.65. The van der Waals surface area contributed by atoms with Crippen LogP contribution in [0.25, 0.3) is 0 Å². The number of cyclic esters (lactones) is 2. The van der Waals surface area contributed by atoms with Crippen LogP contribution in [0.2, 0.25) is 0 Å². The molecule has 19 atom stereocenters. The van der Waals surface area contributed by atoms with E-state index in [4.69, 9.17) is 38.3 Å². The largest absolute Gasteiger partial charge is 0.459 e. The Bertz CT molecular complexity index is 2350. The Balaban J connectivity index is 1.22. The van der Waals surface area contributed by atoms with Gasteiger partial charge in [-0.3, -0.25) is 9.69 Å². The number of aliphatic hydroxyl groups excluding tert-OH is 3. The molecule has 5 heterocycles. The Labute approximate surface area is 441 Å². The van der Waals surface area contributed by atoms with Gasteiger partial charge in [0.25, 0.3) is 0 Å². The molecule has 0 spiro atoms. The van der Waals surface area contributed by atoms with Crippen molar-refractivity contribution in [3.63, 3.8) is 0 Å². The van der Waals surface area contributed by atoms with Crippen LogP contribution in [0.4, 0.5) is 10.5 Å². The molecule has 24 heteroatoms. The Hall–Kier alpha value is -3.47. The number of nitrogens with zero attached hydrogens (tertiary/aromatic N) is 6. The van der Waals surface area contributed by atoms with Gasteiger partial charge in [-0.2, -0.15) is 0 Å². The number of hydrogen-bond acceptors (Lipinski definition) is 20. The molecule has 2 aromatic rings. The maximum atomic E-state index is 14.5. The van der Waals surface area contributed by atoms with E-state index in [1.54, 1.807) is 65.4 Å². The van der Waals surface area contributed by atoms with E-state index in [2.05, 4.69) is 10.3 Å². The number of esters is 1. The van der Waals surface area contributed by atoms with E-state index in [9.17, 15) is 43.5 Å². The van der Waals surface area contributed by atoms with E-state index in [0.717, 1.165) is 0 Å². The topological polar surface area (TPSA) is 300 Å². The molecule has 4 aliphatic rings. The van der Waals surface area contributed by atoms with Crippen LogP contribution in [-0.2, 0) is 60.9 Å². The van der Waals surface area contributed by atoms with Crippen LogP contribution >= 0.6 is 0 Å². The lowest BCUT2D eigenvalue weighted by Crippen LogP contribution is -2.61. The smallest absolute Gasteiger partial charge is 0.414 e. The van der Waals surface area contributed by atoms with Gasteiger partial charge in [0.1, 0.15) is 36.1 Å². The van der Waals surface area contributed by atoms with Crippen LogP contribution in [0, 0.1) is 17.8 Å². The van der Waals surface area contributed by atoms with Crippen LogP contribution in [0.1, 0.15) is 101 Å². The van der Waals surface area contributed by atoms with Crippen molar-refractivity contribution in [1.82, 2.24) is 24.8 Å². The summed E-state index contributed by atoms with van der Waals surface area (Å²) >= 11 is 0. The molecule has 4 aliphatic heterocycles. The first-order valence-corrected chi connectivity index (χ1v) is 27.7. The number of rotatable bonds is 14. The van der Waals surface area contributed by atoms with Crippen molar-refractivity contribution >= 4 is 27.8 Å². The molecule has 0 radical (unpaired) electrons. The van der Waals surface area contributed by atoms with Gasteiger partial charge in [0.05, 0.1) is 65.2 Å². The second-order valence-electron chi connectivity index (χ2n) is 22.5. The minimum Gasteiger partial charge on any atom is -0.459 e. The fraction of sp³-hybridized carbons (Fsp3) is 0.804. The third kappa shape index (κ3) is 14.1. The monoisotopic (exact) mass is 1080 g/mol. The molecule has 0 aliphatic carbocycles. The molecule has 6 rings (SSSR count). The highest BCUT2D eigenvalue weighted by Crippen LogP contribution is 2.40. The summed E-state index contributed by atoms with van der Waals surface area (Å²) in [6.07, 6.45) is -8.66. The van der Waals surface area contributed by atoms with Crippen LogP contribution in [0.15, 0.2) is 35.4 Å². The minimum absolute atomic E-state index is 0.0747. The van der Waals surface area contributed by atoms with E-state index in [1.165, 1.54) is 37.1 Å². The van der Waals surface area contributed by atoms with Crippen LogP contribution in [0.5, 0.6) is 0 Å². The van der Waals surface area contributed by atoms with Gasteiger partial charge in [-0.25, -0.2) is 23.0 Å². The standard InChI is InChI=1S/C51H85N7O16S/c1-14-39-51(10,65)43(60)32(6)56(12)24-28(2)22-49(8,64)45(30(4)42(31(5)46(62)72-39)73-40-23-50(9,68-13)44(61)33(7)70-40)74-47-41(59)38(20-29(3)69-47)55(11)19-18-34-25-57(54-53-34)26-36-27-58(48(63)71-36)35-16-15-17-37(21-35)75(52,66)67/h15-17,21,25,28-33,36,38-45,47,59-61,64-65H,14,18-20,22-24,26-27H2,1-13H3,(H2,52,66,67)/t28-,29-,30+,31-,32-,33+,36+,38+,39-,40+,41-,42+,43-,44+,45-,47+,49-,50-,51-/m1/s1. The molecule has 23 nitrogen and oxygen atoms in total. The van der Waals surface area contributed by atoms with Gasteiger partial charge < -0.3 is 68.5 Å². The Morgan fingerprint density at radius 3 is 2.31 bits per heavy atom. The molecule has 1 aromatic heterocycles. The van der Waals surface area contributed by atoms with Gasteiger partial charge in [-0.05, 0) is 106 Å². The summed E-state index contributed by atoms with van der Waals surface area (Å²) in [6.45, 7) is 18.5. The number of aromatic nitrogens is 3. The number of primary sulfonamides is 1. The van der Waals surface area contributed by atoms with Gasteiger partial charge in [-0.1, -0.05) is 32.1 Å². The predicted molar refractivity (Wildman–Crippen MR) is 272 cm³/mol. The first-order valence-electron chi connectivity index (χ1n) is 26.2. The van der Waals surface area contributed by atoms with Crippen LogP contribution in [-0.4, -0.2) is 208 Å². The molecule has 4 fully saturated rings. The molecule has 1 amide bonds. The maximum Gasteiger partial charge on any atom is 0.414 e. The lowest BCUT2D eigenvalue weighted by atomic mass is 9.77. The first kappa shape index (κ1) is 60.8. The van der Waals surface area contributed by atoms with Gasteiger partial charge in [0, 0.05) is 62.9 Å². The van der Waals surface area contributed by atoms with Crippen molar-refractivity contribution in [3.8, 4) is 0 Å². The van der Waals surface area contributed by atoms with Gasteiger partial charge in [0.2, 0.25) is 10.0 Å². The third-order valence-electron chi connectivity index (χ3n) is 16.1. The Morgan fingerprint density at radius 2 is 1.65 bits per heavy atom. The average molecular weight is 1080 g/mol.